The van der Waals surface area contributed by atoms with Crippen LogP contribution in [-0.2, 0) is 12.8 Å². The smallest absolute Gasteiger partial charge is 0.259 e. The Balaban J connectivity index is 1.78. The number of aromatic nitrogens is 2. The van der Waals surface area contributed by atoms with Gasteiger partial charge in [-0.1, -0.05) is 11.3 Å². The van der Waals surface area contributed by atoms with E-state index in [9.17, 15) is 4.79 Å². The van der Waals surface area contributed by atoms with Crippen molar-refractivity contribution in [3.05, 3.63) is 46.2 Å². The number of rotatable bonds is 4. The van der Waals surface area contributed by atoms with Gasteiger partial charge < -0.3 is 16.2 Å². The predicted molar refractivity (Wildman–Crippen MR) is 96.7 cm³/mol. The fraction of sp³-hybridized carbons (Fsp3) is 0.125. The van der Waals surface area contributed by atoms with Crippen LogP contribution in [0.5, 0.6) is 10.8 Å². The van der Waals surface area contributed by atoms with Crippen LogP contribution in [0, 0.1) is 5.41 Å². The maximum Gasteiger partial charge on any atom is 0.259 e. The number of aryl methyl sites for hydroxylation is 1. The maximum absolute atomic E-state index is 11.8. The second-order valence-corrected chi connectivity index (χ2v) is 7.30. The van der Waals surface area contributed by atoms with Crippen molar-refractivity contribution in [3.8, 4) is 21.3 Å². The van der Waals surface area contributed by atoms with E-state index in [4.69, 9.17) is 21.6 Å². The fourth-order valence-electron chi connectivity index (χ4n) is 2.79. The fourth-order valence-corrected chi connectivity index (χ4v) is 4.80. The Morgan fingerprint density at radius 1 is 1.24 bits per heavy atom. The number of amides is 1. The van der Waals surface area contributed by atoms with E-state index in [1.165, 1.54) is 29.1 Å². The molecule has 0 atom stereocenters. The lowest BCUT2D eigenvalue weighted by molar-refractivity contribution is 0.100. The number of ether oxygens (including phenoxy) is 1. The Morgan fingerprint density at radius 2 is 2.08 bits per heavy atom. The lowest BCUT2D eigenvalue weighted by Crippen LogP contribution is -2.13. The number of carbonyl (C=O) groups excluding carboxylic acids is 1. The largest absolute Gasteiger partial charge is 0.444 e. The number of thiophene rings is 1. The van der Waals surface area contributed by atoms with E-state index >= 15 is 0 Å². The summed E-state index contributed by atoms with van der Waals surface area (Å²) in [4.78, 5) is 17.5. The number of nitrogens with two attached hydrogens (primary N) is 2. The maximum atomic E-state index is 11.8. The highest BCUT2D eigenvalue weighted by molar-refractivity contribution is 7.17. The van der Waals surface area contributed by atoms with Crippen molar-refractivity contribution in [2.45, 2.75) is 12.8 Å². The van der Waals surface area contributed by atoms with Gasteiger partial charge >= 0.3 is 0 Å². The molecule has 0 spiro atoms. The summed E-state index contributed by atoms with van der Waals surface area (Å²) in [6.07, 6.45) is 4.94. The molecule has 0 aliphatic heterocycles. The van der Waals surface area contributed by atoms with Gasteiger partial charge in [-0.2, -0.15) is 0 Å². The standard InChI is InChI=1S/C16H13N5O2S2/c17-14(18)10-4-2-8(6-20-10)23-16-11-9(13(24-16)15(19)22)3-1-7-5-21-25-12(7)11/h2,4-6H,1,3H2,(H3,17,18)(H2,19,22). The van der Waals surface area contributed by atoms with Gasteiger partial charge in [0.1, 0.15) is 17.3 Å². The lowest BCUT2D eigenvalue weighted by Gasteiger charge is -2.14. The lowest BCUT2D eigenvalue weighted by atomic mass is 9.93. The van der Waals surface area contributed by atoms with Crippen LogP contribution in [-0.4, -0.2) is 21.1 Å². The first kappa shape index (κ1) is 15.7. The molecule has 4 rings (SSSR count). The first-order chi connectivity index (χ1) is 12.0. The van der Waals surface area contributed by atoms with Gasteiger partial charge in [0.05, 0.1) is 21.5 Å². The van der Waals surface area contributed by atoms with E-state index in [-0.39, 0.29) is 5.84 Å². The molecule has 25 heavy (non-hydrogen) atoms. The molecule has 126 valence electrons. The van der Waals surface area contributed by atoms with Gasteiger partial charge in [-0.25, -0.2) is 9.36 Å². The van der Waals surface area contributed by atoms with Crippen LogP contribution in [0.2, 0.25) is 0 Å². The van der Waals surface area contributed by atoms with Gasteiger partial charge in [-0.05, 0) is 47.6 Å². The normalized spacial score (nSPS) is 12.3. The molecule has 3 heterocycles. The average Bonchev–Trinajstić information content (AvgIpc) is 3.19. The van der Waals surface area contributed by atoms with E-state index in [2.05, 4.69) is 9.36 Å². The number of amidine groups is 1. The van der Waals surface area contributed by atoms with E-state index in [0.29, 0.717) is 21.4 Å². The third kappa shape index (κ3) is 2.67. The number of nitrogens with one attached hydrogen (secondary N) is 1. The molecule has 9 heteroatoms. The zero-order valence-corrected chi connectivity index (χ0v) is 14.5. The van der Waals surface area contributed by atoms with E-state index in [1.807, 2.05) is 6.20 Å². The Labute approximate surface area is 151 Å². The molecule has 7 nitrogen and oxygen atoms in total. The van der Waals surface area contributed by atoms with Crippen molar-refractivity contribution in [3.63, 3.8) is 0 Å². The molecule has 5 N–H and O–H groups in total. The summed E-state index contributed by atoms with van der Waals surface area (Å²) in [6, 6.07) is 3.31. The van der Waals surface area contributed by atoms with Crippen molar-refractivity contribution in [1.82, 2.24) is 9.36 Å². The zero-order valence-electron chi connectivity index (χ0n) is 12.9. The molecular weight excluding hydrogens is 358 g/mol. The summed E-state index contributed by atoms with van der Waals surface area (Å²) in [5.74, 6) is -0.0544. The zero-order chi connectivity index (χ0) is 17.6. The van der Waals surface area contributed by atoms with Crippen molar-refractivity contribution in [2.75, 3.05) is 0 Å². The molecule has 1 amide bonds. The predicted octanol–water partition coefficient (Wildman–Crippen LogP) is 2.54. The summed E-state index contributed by atoms with van der Waals surface area (Å²) in [5, 5.41) is 7.99. The summed E-state index contributed by atoms with van der Waals surface area (Å²) >= 11 is 2.63. The third-order valence-corrected chi connectivity index (χ3v) is 5.92. The van der Waals surface area contributed by atoms with Crippen molar-refractivity contribution < 1.29 is 9.53 Å². The van der Waals surface area contributed by atoms with Gasteiger partial charge in [-0.3, -0.25) is 10.2 Å². The summed E-state index contributed by atoms with van der Waals surface area (Å²) in [7, 11) is 0. The van der Waals surface area contributed by atoms with Gasteiger partial charge in [0.2, 0.25) is 0 Å². The molecule has 3 aromatic heterocycles. The number of hydrogen-bond donors (Lipinski definition) is 3. The molecule has 3 aromatic rings. The average molecular weight is 371 g/mol. The van der Waals surface area contributed by atoms with Crippen LogP contribution in [0.15, 0.2) is 24.5 Å². The van der Waals surface area contributed by atoms with Gasteiger partial charge in [0.15, 0.2) is 5.06 Å². The van der Waals surface area contributed by atoms with E-state index in [0.717, 1.165) is 34.4 Å². The minimum Gasteiger partial charge on any atom is -0.444 e. The summed E-state index contributed by atoms with van der Waals surface area (Å²) in [5.41, 5.74) is 14.3. The van der Waals surface area contributed by atoms with Gasteiger partial charge in [0.25, 0.3) is 5.91 Å². The second kappa shape index (κ2) is 5.94. The number of primary amides is 1. The van der Waals surface area contributed by atoms with Crippen molar-refractivity contribution in [2.24, 2.45) is 11.5 Å². The minimum atomic E-state index is -0.450. The molecule has 0 radical (unpaired) electrons. The SMILES string of the molecule is N=C(N)c1ccc(Oc2sc(C(N)=O)c3c2-c2sncc2CC3)cn1. The van der Waals surface area contributed by atoms with Crippen LogP contribution in [0.3, 0.4) is 0 Å². The number of nitrogens with zero attached hydrogens (tertiary/aromatic N) is 2. The molecule has 0 fully saturated rings. The highest BCUT2D eigenvalue weighted by atomic mass is 32.1. The van der Waals surface area contributed by atoms with Crippen LogP contribution < -0.4 is 16.2 Å². The Kier molecular flexibility index (Phi) is 3.74. The van der Waals surface area contributed by atoms with Crippen molar-refractivity contribution in [1.29, 1.82) is 5.41 Å². The molecule has 1 aliphatic carbocycles. The topological polar surface area (TPSA) is 128 Å². The van der Waals surface area contributed by atoms with Gasteiger partial charge in [0, 0.05) is 6.20 Å². The number of hydrogen-bond acceptors (Lipinski definition) is 7. The second-order valence-electron chi connectivity index (χ2n) is 5.51. The first-order valence-electron chi connectivity index (χ1n) is 7.42. The molecule has 0 saturated heterocycles. The van der Waals surface area contributed by atoms with Gasteiger partial charge in [-0.15, -0.1) is 0 Å². The number of carbonyl (C=O) groups is 1. The highest BCUT2D eigenvalue weighted by Gasteiger charge is 2.30. The number of pyridine rings is 1. The Hall–Kier alpha value is -2.78. The molecule has 0 saturated carbocycles. The first-order valence-corrected chi connectivity index (χ1v) is 9.01. The van der Waals surface area contributed by atoms with Crippen LogP contribution in [0.25, 0.3) is 10.4 Å². The van der Waals surface area contributed by atoms with Crippen molar-refractivity contribution >= 4 is 34.6 Å². The number of nitrogen functional groups attached to an aromatic ring is 1. The Morgan fingerprint density at radius 3 is 2.76 bits per heavy atom. The molecule has 0 bridgehead atoms. The number of fused-ring (bicyclic) bond motifs is 3. The van der Waals surface area contributed by atoms with Crippen LogP contribution >= 0.6 is 22.9 Å². The molecule has 0 aromatic carbocycles. The Bertz CT molecular complexity index is 991. The van der Waals surface area contributed by atoms with Crippen LogP contribution in [0.4, 0.5) is 0 Å². The monoisotopic (exact) mass is 371 g/mol. The third-order valence-electron chi connectivity index (χ3n) is 3.94. The molecule has 0 unspecified atom stereocenters. The molecule has 1 aliphatic rings. The van der Waals surface area contributed by atoms with E-state index < -0.39 is 5.91 Å². The quantitative estimate of drug-likeness (QED) is 0.479. The van der Waals surface area contributed by atoms with E-state index in [1.54, 1.807) is 12.1 Å². The van der Waals surface area contributed by atoms with Crippen LogP contribution in [0.1, 0.15) is 26.5 Å². The summed E-state index contributed by atoms with van der Waals surface area (Å²) in [6.45, 7) is 0. The summed E-state index contributed by atoms with van der Waals surface area (Å²) < 4.78 is 10.2. The molecular formula is C16H13N5O2S2. The minimum absolute atomic E-state index is 0.106. The highest BCUT2D eigenvalue weighted by Crippen LogP contribution is 2.49.